The molecule has 23 heavy (non-hydrogen) atoms. The first-order valence-electron chi connectivity index (χ1n) is 7.63. The van der Waals surface area contributed by atoms with E-state index in [-0.39, 0.29) is 5.91 Å². The number of aromatic nitrogens is 2. The molecule has 2 aromatic heterocycles. The van der Waals surface area contributed by atoms with Gasteiger partial charge in [-0.05, 0) is 43.2 Å². The van der Waals surface area contributed by atoms with Crippen molar-refractivity contribution in [2.75, 3.05) is 5.32 Å². The van der Waals surface area contributed by atoms with E-state index in [0.717, 1.165) is 29.7 Å². The molecule has 0 saturated heterocycles. The van der Waals surface area contributed by atoms with E-state index < -0.39 is 0 Å². The molecule has 2 heterocycles. The lowest BCUT2D eigenvalue weighted by Crippen LogP contribution is -2.16. The van der Waals surface area contributed by atoms with Gasteiger partial charge in [0.15, 0.2) is 0 Å². The third-order valence-corrected chi connectivity index (χ3v) is 4.14. The van der Waals surface area contributed by atoms with E-state index in [1.54, 1.807) is 6.07 Å². The highest BCUT2D eigenvalue weighted by molar-refractivity contribution is 6.31. The maximum atomic E-state index is 12.8. The minimum absolute atomic E-state index is 0.174. The fourth-order valence-corrected chi connectivity index (χ4v) is 2.74. The van der Waals surface area contributed by atoms with E-state index in [2.05, 4.69) is 17.2 Å². The highest BCUT2D eigenvalue weighted by atomic mass is 35.5. The topological polar surface area (TPSA) is 46.4 Å². The van der Waals surface area contributed by atoms with Crippen molar-refractivity contribution in [3.05, 3.63) is 64.6 Å². The number of aryl methyl sites for hydroxylation is 2. The van der Waals surface area contributed by atoms with Crippen molar-refractivity contribution in [1.29, 1.82) is 0 Å². The van der Waals surface area contributed by atoms with E-state index in [1.165, 1.54) is 0 Å². The number of halogens is 1. The molecule has 1 aromatic carbocycles. The zero-order chi connectivity index (χ0) is 16.4. The minimum Gasteiger partial charge on any atom is -0.321 e. The number of carbonyl (C=O) groups is 1. The molecule has 3 aromatic rings. The molecule has 0 atom stereocenters. The zero-order valence-corrected chi connectivity index (χ0v) is 13.9. The predicted molar refractivity (Wildman–Crippen MR) is 93.3 cm³/mol. The van der Waals surface area contributed by atoms with Gasteiger partial charge in [-0.2, -0.15) is 0 Å². The number of imidazole rings is 1. The van der Waals surface area contributed by atoms with Gasteiger partial charge in [0, 0.05) is 16.9 Å². The largest absolute Gasteiger partial charge is 0.321 e. The lowest BCUT2D eigenvalue weighted by atomic mass is 10.2. The first kappa shape index (κ1) is 15.6. The van der Waals surface area contributed by atoms with Crippen molar-refractivity contribution >= 4 is 28.8 Å². The molecule has 0 aliphatic rings. The van der Waals surface area contributed by atoms with Crippen LogP contribution in [0.4, 0.5) is 5.69 Å². The number of hydrogen-bond donors (Lipinski definition) is 1. The Morgan fingerprint density at radius 2 is 2.13 bits per heavy atom. The SMILES string of the molecule is CCCc1nc2ccccn2c1C(=O)Nc1ccc(C)c(Cl)c1. The van der Waals surface area contributed by atoms with E-state index in [9.17, 15) is 4.79 Å². The van der Waals surface area contributed by atoms with Crippen LogP contribution in [-0.4, -0.2) is 15.3 Å². The van der Waals surface area contributed by atoms with Gasteiger partial charge in [0.05, 0.1) is 5.69 Å². The molecule has 1 N–H and O–H groups in total. The number of pyridine rings is 1. The summed E-state index contributed by atoms with van der Waals surface area (Å²) in [6.07, 6.45) is 3.55. The van der Waals surface area contributed by atoms with Gasteiger partial charge in [-0.1, -0.05) is 37.1 Å². The number of carbonyl (C=O) groups excluding carboxylic acids is 1. The van der Waals surface area contributed by atoms with Gasteiger partial charge in [-0.15, -0.1) is 0 Å². The first-order valence-corrected chi connectivity index (χ1v) is 8.01. The molecule has 3 rings (SSSR count). The van der Waals surface area contributed by atoms with Crippen molar-refractivity contribution in [3.8, 4) is 0 Å². The molecule has 4 nitrogen and oxygen atoms in total. The summed E-state index contributed by atoms with van der Waals surface area (Å²) in [5.41, 5.74) is 3.83. The molecule has 1 amide bonds. The van der Waals surface area contributed by atoms with Crippen LogP contribution in [0.1, 0.15) is 35.1 Å². The Morgan fingerprint density at radius 1 is 1.30 bits per heavy atom. The van der Waals surface area contributed by atoms with Crippen LogP contribution in [0.15, 0.2) is 42.6 Å². The highest BCUT2D eigenvalue weighted by Crippen LogP contribution is 2.22. The summed E-state index contributed by atoms with van der Waals surface area (Å²) in [6, 6.07) is 11.2. The molecular formula is C18H18ClN3O. The van der Waals surface area contributed by atoms with Crippen LogP contribution < -0.4 is 5.32 Å². The average molecular weight is 328 g/mol. The Bertz CT molecular complexity index is 870. The molecule has 0 aliphatic heterocycles. The molecule has 5 heteroatoms. The maximum Gasteiger partial charge on any atom is 0.274 e. The van der Waals surface area contributed by atoms with Crippen molar-refractivity contribution in [2.45, 2.75) is 26.7 Å². The molecule has 0 bridgehead atoms. The van der Waals surface area contributed by atoms with Crippen LogP contribution in [0, 0.1) is 6.92 Å². The fraction of sp³-hybridized carbons (Fsp3) is 0.222. The number of fused-ring (bicyclic) bond motifs is 1. The summed E-state index contributed by atoms with van der Waals surface area (Å²) in [4.78, 5) is 17.3. The molecule has 0 spiro atoms. The summed E-state index contributed by atoms with van der Waals surface area (Å²) in [6.45, 7) is 4.00. The summed E-state index contributed by atoms with van der Waals surface area (Å²) in [7, 11) is 0. The van der Waals surface area contributed by atoms with Crippen LogP contribution in [0.3, 0.4) is 0 Å². The van der Waals surface area contributed by atoms with Crippen LogP contribution in [0.5, 0.6) is 0 Å². The molecule has 0 fully saturated rings. The van der Waals surface area contributed by atoms with Crippen molar-refractivity contribution < 1.29 is 4.79 Å². The molecule has 0 unspecified atom stereocenters. The van der Waals surface area contributed by atoms with Gasteiger partial charge in [0.25, 0.3) is 5.91 Å². The Labute approximate surface area is 140 Å². The lowest BCUT2D eigenvalue weighted by molar-refractivity contribution is 0.102. The number of nitrogens with one attached hydrogen (secondary N) is 1. The Kier molecular flexibility index (Phi) is 4.35. The van der Waals surface area contributed by atoms with Crippen LogP contribution in [-0.2, 0) is 6.42 Å². The molecular weight excluding hydrogens is 310 g/mol. The smallest absolute Gasteiger partial charge is 0.274 e. The molecule has 0 radical (unpaired) electrons. The summed E-state index contributed by atoms with van der Waals surface area (Å²) in [5, 5.41) is 3.55. The van der Waals surface area contributed by atoms with Gasteiger partial charge in [-0.25, -0.2) is 4.98 Å². The third kappa shape index (κ3) is 3.08. The van der Waals surface area contributed by atoms with E-state index in [4.69, 9.17) is 11.6 Å². The first-order chi connectivity index (χ1) is 11.1. The summed E-state index contributed by atoms with van der Waals surface area (Å²) in [5.74, 6) is -0.174. The molecule has 0 aliphatic carbocycles. The Hall–Kier alpha value is -2.33. The number of anilines is 1. The minimum atomic E-state index is -0.174. The van der Waals surface area contributed by atoms with E-state index in [0.29, 0.717) is 16.4 Å². The van der Waals surface area contributed by atoms with Gasteiger partial charge in [-0.3, -0.25) is 9.20 Å². The summed E-state index contributed by atoms with van der Waals surface area (Å²) < 4.78 is 1.83. The van der Waals surface area contributed by atoms with E-state index in [1.807, 2.05) is 47.9 Å². The number of benzene rings is 1. The Morgan fingerprint density at radius 3 is 2.87 bits per heavy atom. The van der Waals surface area contributed by atoms with Gasteiger partial charge >= 0.3 is 0 Å². The van der Waals surface area contributed by atoms with Crippen molar-refractivity contribution in [1.82, 2.24) is 9.38 Å². The Balaban J connectivity index is 1.99. The number of amides is 1. The monoisotopic (exact) mass is 327 g/mol. The molecule has 118 valence electrons. The number of hydrogen-bond acceptors (Lipinski definition) is 2. The molecule has 0 saturated carbocycles. The second-order valence-electron chi connectivity index (χ2n) is 5.50. The van der Waals surface area contributed by atoms with E-state index >= 15 is 0 Å². The number of nitrogens with zero attached hydrogens (tertiary/aromatic N) is 2. The van der Waals surface area contributed by atoms with Gasteiger partial charge < -0.3 is 5.32 Å². The normalized spacial score (nSPS) is 10.9. The number of rotatable bonds is 4. The van der Waals surface area contributed by atoms with Crippen molar-refractivity contribution in [3.63, 3.8) is 0 Å². The van der Waals surface area contributed by atoms with Gasteiger partial charge in [0.1, 0.15) is 11.3 Å². The predicted octanol–water partition coefficient (Wildman–Crippen LogP) is 4.50. The second kappa shape index (κ2) is 6.42. The third-order valence-electron chi connectivity index (χ3n) is 3.73. The maximum absolute atomic E-state index is 12.8. The van der Waals surface area contributed by atoms with Gasteiger partial charge in [0.2, 0.25) is 0 Å². The lowest BCUT2D eigenvalue weighted by Gasteiger charge is -2.08. The quantitative estimate of drug-likeness (QED) is 0.766. The zero-order valence-electron chi connectivity index (χ0n) is 13.1. The van der Waals surface area contributed by atoms with Crippen LogP contribution in [0.25, 0.3) is 5.65 Å². The second-order valence-corrected chi connectivity index (χ2v) is 5.91. The van der Waals surface area contributed by atoms with Crippen LogP contribution >= 0.6 is 11.6 Å². The highest BCUT2D eigenvalue weighted by Gasteiger charge is 2.18. The average Bonchev–Trinajstić information content (AvgIpc) is 2.89. The standard InChI is InChI=1S/C18H18ClN3O/c1-3-6-15-17(22-10-5-4-7-16(22)21-15)18(23)20-13-9-8-12(2)14(19)11-13/h4-5,7-11H,3,6H2,1-2H3,(H,20,23). The summed E-state index contributed by atoms with van der Waals surface area (Å²) >= 11 is 6.13. The van der Waals surface area contributed by atoms with Crippen molar-refractivity contribution in [2.24, 2.45) is 0 Å². The fourth-order valence-electron chi connectivity index (χ4n) is 2.56. The van der Waals surface area contributed by atoms with Crippen LogP contribution in [0.2, 0.25) is 5.02 Å².